The van der Waals surface area contributed by atoms with Crippen molar-refractivity contribution in [2.45, 2.75) is 39.2 Å². The van der Waals surface area contributed by atoms with Crippen LogP contribution in [0.5, 0.6) is 5.75 Å². The van der Waals surface area contributed by atoms with E-state index in [1.54, 1.807) is 6.07 Å². The van der Waals surface area contributed by atoms with Crippen molar-refractivity contribution in [3.63, 3.8) is 0 Å². The van der Waals surface area contributed by atoms with E-state index < -0.39 is 0 Å². The highest BCUT2D eigenvalue weighted by atomic mass is 32.1. The van der Waals surface area contributed by atoms with Gasteiger partial charge in [0.2, 0.25) is 0 Å². The lowest BCUT2D eigenvalue weighted by Crippen LogP contribution is -2.33. The maximum atomic E-state index is 12.4. The highest BCUT2D eigenvalue weighted by molar-refractivity contribution is 7.80. The largest absolute Gasteiger partial charge is 0.494 e. The number of benzene rings is 1. The van der Waals surface area contributed by atoms with Crippen molar-refractivity contribution in [3.05, 3.63) is 47.4 Å². The first kappa shape index (κ1) is 20.4. The van der Waals surface area contributed by atoms with Gasteiger partial charge in [0.1, 0.15) is 11.5 Å². The van der Waals surface area contributed by atoms with Gasteiger partial charge in [0.15, 0.2) is 10.9 Å². The fourth-order valence-corrected chi connectivity index (χ4v) is 3.30. The van der Waals surface area contributed by atoms with Crippen molar-refractivity contribution in [1.82, 2.24) is 10.2 Å². The average molecular weight is 402 g/mol. The van der Waals surface area contributed by atoms with Gasteiger partial charge in [-0.15, -0.1) is 0 Å². The van der Waals surface area contributed by atoms with Crippen LogP contribution in [0.1, 0.15) is 48.1 Å². The molecule has 0 aliphatic carbocycles. The standard InChI is InChI=1S/C21H27N3O3S/c1-3-4-5-12-26-17-8-6-16(7-9-17)22-21(28)23-20(25)19-13-15-14-24(2)11-10-18(15)27-19/h6-9,13H,3-5,10-12,14H2,1-2H3,(H2,22,23,25,28). The Morgan fingerprint density at radius 3 is 2.82 bits per heavy atom. The third kappa shape index (κ3) is 5.56. The molecule has 1 aromatic heterocycles. The molecule has 2 aromatic rings. The van der Waals surface area contributed by atoms with E-state index in [1.165, 1.54) is 12.8 Å². The SMILES string of the molecule is CCCCCOc1ccc(NC(=S)NC(=O)c2cc3c(o2)CCN(C)C3)cc1. The van der Waals surface area contributed by atoms with E-state index in [-0.39, 0.29) is 11.0 Å². The van der Waals surface area contributed by atoms with Crippen LogP contribution in [0.2, 0.25) is 0 Å². The van der Waals surface area contributed by atoms with Gasteiger partial charge in [0, 0.05) is 30.8 Å². The third-order valence-electron chi connectivity index (χ3n) is 4.64. The normalized spacial score (nSPS) is 13.6. The van der Waals surface area contributed by atoms with Gasteiger partial charge in [-0.05, 0) is 56.0 Å². The summed E-state index contributed by atoms with van der Waals surface area (Å²) in [5.74, 6) is 1.66. The number of amides is 1. The number of unbranched alkanes of at least 4 members (excludes halogenated alkanes) is 2. The van der Waals surface area contributed by atoms with Gasteiger partial charge in [-0.3, -0.25) is 10.1 Å². The van der Waals surface area contributed by atoms with E-state index in [0.29, 0.717) is 5.76 Å². The van der Waals surface area contributed by atoms with Crippen molar-refractivity contribution in [2.75, 3.05) is 25.5 Å². The van der Waals surface area contributed by atoms with Crippen molar-refractivity contribution in [2.24, 2.45) is 0 Å². The van der Waals surface area contributed by atoms with Crippen LogP contribution in [0.3, 0.4) is 0 Å². The predicted octanol–water partition coefficient (Wildman–Crippen LogP) is 3.96. The van der Waals surface area contributed by atoms with Crippen molar-refractivity contribution in [3.8, 4) is 5.75 Å². The molecule has 0 bridgehead atoms. The third-order valence-corrected chi connectivity index (χ3v) is 4.84. The van der Waals surface area contributed by atoms with Crippen LogP contribution in [-0.2, 0) is 13.0 Å². The minimum Gasteiger partial charge on any atom is -0.494 e. The number of ether oxygens (including phenoxy) is 1. The van der Waals surface area contributed by atoms with Crippen LogP contribution in [0.4, 0.5) is 5.69 Å². The predicted molar refractivity (Wildman–Crippen MR) is 114 cm³/mol. The van der Waals surface area contributed by atoms with E-state index in [9.17, 15) is 4.79 Å². The summed E-state index contributed by atoms with van der Waals surface area (Å²) in [7, 11) is 2.05. The van der Waals surface area contributed by atoms with E-state index in [0.717, 1.165) is 55.3 Å². The molecule has 0 radical (unpaired) electrons. The first-order valence-electron chi connectivity index (χ1n) is 9.70. The van der Waals surface area contributed by atoms with Gasteiger partial charge < -0.3 is 19.4 Å². The number of nitrogens with one attached hydrogen (secondary N) is 2. The summed E-state index contributed by atoms with van der Waals surface area (Å²) in [6, 6.07) is 9.31. The van der Waals surface area contributed by atoms with Gasteiger partial charge in [-0.1, -0.05) is 19.8 Å². The second-order valence-corrected chi connectivity index (χ2v) is 7.44. The van der Waals surface area contributed by atoms with Crippen molar-refractivity contribution >= 4 is 28.9 Å². The summed E-state index contributed by atoms with van der Waals surface area (Å²) in [6.07, 6.45) is 4.21. The number of rotatable bonds is 7. The number of anilines is 1. The maximum absolute atomic E-state index is 12.4. The second-order valence-electron chi connectivity index (χ2n) is 7.04. The lowest BCUT2D eigenvalue weighted by Gasteiger charge is -2.20. The van der Waals surface area contributed by atoms with Gasteiger partial charge in [0.25, 0.3) is 5.91 Å². The molecule has 6 nitrogen and oxygen atoms in total. The fraction of sp³-hybridized carbons (Fsp3) is 0.429. The second kappa shape index (κ2) is 9.71. The van der Waals surface area contributed by atoms with Crippen LogP contribution < -0.4 is 15.4 Å². The van der Waals surface area contributed by atoms with E-state index in [2.05, 4.69) is 29.5 Å². The van der Waals surface area contributed by atoms with Crippen molar-refractivity contribution in [1.29, 1.82) is 0 Å². The van der Waals surface area contributed by atoms with Crippen LogP contribution in [-0.4, -0.2) is 36.1 Å². The van der Waals surface area contributed by atoms with E-state index in [1.807, 2.05) is 24.3 Å². The molecule has 3 rings (SSSR count). The maximum Gasteiger partial charge on any atom is 0.293 e. The quantitative estimate of drug-likeness (QED) is 0.541. The van der Waals surface area contributed by atoms with Crippen LogP contribution >= 0.6 is 12.2 Å². The minimum absolute atomic E-state index is 0.230. The van der Waals surface area contributed by atoms with Crippen LogP contribution in [0.15, 0.2) is 34.7 Å². The molecule has 0 unspecified atom stereocenters. The van der Waals surface area contributed by atoms with Gasteiger partial charge in [-0.25, -0.2) is 0 Å². The van der Waals surface area contributed by atoms with E-state index in [4.69, 9.17) is 21.4 Å². The first-order valence-corrected chi connectivity index (χ1v) is 10.1. The number of furan rings is 1. The Balaban J connectivity index is 1.49. The number of likely N-dealkylation sites (N-methyl/N-ethyl adjacent to an activating group) is 1. The number of hydrogen-bond donors (Lipinski definition) is 2. The first-order chi connectivity index (χ1) is 13.5. The number of carbonyl (C=O) groups is 1. The topological polar surface area (TPSA) is 66.7 Å². The number of fused-ring (bicyclic) bond motifs is 1. The summed E-state index contributed by atoms with van der Waals surface area (Å²) in [4.78, 5) is 14.6. The molecule has 1 amide bonds. The monoisotopic (exact) mass is 401 g/mol. The molecule has 1 aliphatic heterocycles. The Morgan fingerprint density at radius 2 is 2.07 bits per heavy atom. The number of nitrogens with zero attached hydrogens (tertiary/aromatic N) is 1. The molecule has 28 heavy (non-hydrogen) atoms. The molecular weight excluding hydrogens is 374 g/mol. The highest BCUT2D eigenvalue weighted by Gasteiger charge is 2.21. The average Bonchev–Trinajstić information content (AvgIpc) is 3.10. The summed E-state index contributed by atoms with van der Waals surface area (Å²) in [6.45, 7) is 4.61. The van der Waals surface area contributed by atoms with E-state index >= 15 is 0 Å². The molecular formula is C21H27N3O3S. The van der Waals surface area contributed by atoms with Crippen LogP contribution in [0, 0.1) is 0 Å². The fourth-order valence-electron chi connectivity index (χ4n) is 3.09. The summed E-state index contributed by atoms with van der Waals surface area (Å²) < 4.78 is 11.4. The number of thiocarbonyl (C=S) groups is 1. The Bertz CT molecular complexity index is 817. The van der Waals surface area contributed by atoms with Crippen molar-refractivity contribution < 1.29 is 13.9 Å². The zero-order valence-corrected chi connectivity index (χ0v) is 17.2. The molecule has 0 saturated heterocycles. The summed E-state index contributed by atoms with van der Waals surface area (Å²) in [5, 5.41) is 5.91. The highest BCUT2D eigenvalue weighted by Crippen LogP contribution is 2.22. The number of carbonyl (C=O) groups excluding carboxylic acids is 1. The smallest absolute Gasteiger partial charge is 0.293 e. The number of hydrogen-bond acceptors (Lipinski definition) is 5. The Kier molecular flexibility index (Phi) is 7.06. The zero-order valence-electron chi connectivity index (χ0n) is 16.4. The Hall–Kier alpha value is -2.38. The molecule has 7 heteroatoms. The molecule has 0 atom stereocenters. The Morgan fingerprint density at radius 1 is 1.29 bits per heavy atom. The molecule has 0 fully saturated rings. The van der Waals surface area contributed by atoms with Gasteiger partial charge in [0.05, 0.1) is 6.61 Å². The molecule has 2 heterocycles. The molecule has 150 valence electrons. The molecule has 1 aliphatic rings. The summed E-state index contributed by atoms with van der Waals surface area (Å²) in [5.41, 5.74) is 1.85. The zero-order chi connectivity index (χ0) is 19.9. The minimum atomic E-state index is -0.342. The molecule has 2 N–H and O–H groups in total. The molecule has 0 spiro atoms. The Labute approximate surface area is 171 Å². The van der Waals surface area contributed by atoms with Gasteiger partial charge in [-0.2, -0.15) is 0 Å². The lowest BCUT2D eigenvalue weighted by atomic mass is 10.1. The molecule has 0 saturated carbocycles. The lowest BCUT2D eigenvalue weighted by molar-refractivity contribution is 0.0948. The van der Waals surface area contributed by atoms with Gasteiger partial charge >= 0.3 is 0 Å². The van der Waals surface area contributed by atoms with Crippen LogP contribution in [0.25, 0.3) is 0 Å². The molecule has 1 aromatic carbocycles. The summed E-state index contributed by atoms with van der Waals surface area (Å²) >= 11 is 5.25.